The van der Waals surface area contributed by atoms with Gasteiger partial charge in [-0.05, 0) is 38.9 Å². The van der Waals surface area contributed by atoms with Crippen molar-refractivity contribution in [3.63, 3.8) is 0 Å². The standard InChI is InChI=1S/C16H25N3O3/c1-3-19(4-2)16(21)12-22-14-8-5-7-13(11-14)18-15(20)9-6-10-17/h5,7-8,11H,3-4,6,9-10,12,17H2,1-2H3,(H,18,20). The van der Waals surface area contributed by atoms with Crippen LogP contribution in [0.2, 0.25) is 0 Å². The number of nitrogens with two attached hydrogens (primary N) is 1. The average molecular weight is 307 g/mol. The maximum Gasteiger partial charge on any atom is 0.260 e. The molecular weight excluding hydrogens is 282 g/mol. The number of rotatable bonds is 9. The second kappa shape index (κ2) is 9.78. The molecule has 3 N–H and O–H groups in total. The third-order valence-corrected chi connectivity index (χ3v) is 3.20. The topological polar surface area (TPSA) is 84.7 Å². The monoisotopic (exact) mass is 307 g/mol. The highest BCUT2D eigenvalue weighted by Crippen LogP contribution is 2.17. The zero-order valence-corrected chi connectivity index (χ0v) is 13.3. The number of nitrogens with zero attached hydrogens (tertiary/aromatic N) is 1. The van der Waals surface area contributed by atoms with Crippen LogP contribution in [0.15, 0.2) is 24.3 Å². The molecule has 0 aliphatic rings. The van der Waals surface area contributed by atoms with Crippen molar-refractivity contribution in [2.24, 2.45) is 5.73 Å². The zero-order chi connectivity index (χ0) is 16.4. The fourth-order valence-corrected chi connectivity index (χ4v) is 1.96. The lowest BCUT2D eigenvalue weighted by atomic mass is 10.2. The molecule has 0 aromatic heterocycles. The Bertz CT molecular complexity index is 487. The van der Waals surface area contributed by atoms with Crippen molar-refractivity contribution in [3.8, 4) is 5.75 Å². The van der Waals surface area contributed by atoms with Gasteiger partial charge >= 0.3 is 0 Å². The summed E-state index contributed by atoms with van der Waals surface area (Å²) in [5.41, 5.74) is 6.02. The van der Waals surface area contributed by atoms with Crippen molar-refractivity contribution < 1.29 is 14.3 Å². The molecule has 0 aliphatic heterocycles. The SMILES string of the molecule is CCN(CC)C(=O)COc1cccc(NC(=O)CCCN)c1. The number of benzene rings is 1. The van der Waals surface area contributed by atoms with Crippen molar-refractivity contribution in [1.82, 2.24) is 4.90 Å². The molecule has 0 unspecified atom stereocenters. The largest absolute Gasteiger partial charge is 0.484 e. The molecule has 0 spiro atoms. The Labute approximate surface area is 131 Å². The lowest BCUT2D eigenvalue weighted by Crippen LogP contribution is -2.34. The minimum Gasteiger partial charge on any atom is -0.484 e. The summed E-state index contributed by atoms with van der Waals surface area (Å²) in [5, 5.41) is 2.78. The predicted octanol–water partition coefficient (Wildman–Crippen LogP) is 1.61. The molecule has 0 aliphatic carbocycles. The molecule has 2 amide bonds. The molecule has 0 radical (unpaired) electrons. The summed E-state index contributed by atoms with van der Waals surface area (Å²) < 4.78 is 5.49. The van der Waals surface area contributed by atoms with Gasteiger partial charge in [-0.2, -0.15) is 0 Å². The molecule has 1 aromatic carbocycles. The molecule has 0 atom stereocenters. The number of carbonyl (C=O) groups is 2. The minimum atomic E-state index is -0.0817. The summed E-state index contributed by atoms with van der Waals surface area (Å²) in [7, 11) is 0. The van der Waals surface area contributed by atoms with Gasteiger partial charge in [0.2, 0.25) is 5.91 Å². The molecule has 6 nitrogen and oxygen atoms in total. The summed E-state index contributed by atoms with van der Waals surface area (Å²) in [6.45, 7) is 5.67. The van der Waals surface area contributed by atoms with Crippen LogP contribution >= 0.6 is 0 Å². The number of carbonyl (C=O) groups excluding carboxylic acids is 2. The second-order valence-electron chi connectivity index (χ2n) is 4.82. The van der Waals surface area contributed by atoms with E-state index in [1.165, 1.54) is 0 Å². The lowest BCUT2D eigenvalue weighted by molar-refractivity contribution is -0.133. The first-order valence-corrected chi connectivity index (χ1v) is 7.61. The van der Waals surface area contributed by atoms with E-state index in [-0.39, 0.29) is 18.4 Å². The van der Waals surface area contributed by atoms with Gasteiger partial charge in [-0.1, -0.05) is 6.07 Å². The quantitative estimate of drug-likeness (QED) is 0.726. The first-order chi connectivity index (χ1) is 10.6. The maximum atomic E-state index is 11.9. The molecular formula is C16H25N3O3. The predicted molar refractivity (Wildman–Crippen MR) is 86.8 cm³/mol. The van der Waals surface area contributed by atoms with Crippen molar-refractivity contribution >= 4 is 17.5 Å². The Morgan fingerprint density at radius 1 is 1.27 bits per heavy atom. The molecule has 0 saturated heterocycles. The molecule has 1 aromatic rings. The van der Waals surface area contributed by atoms with E-state index in [4.69, 9.17) is 10.5 Å². The first kappa shape index (κ1) is 18.0. The number of nitrogens with one attached hydrogen (secondary N) is 1. The van der Waals surface area contributed by atoms with Crippen LogP contribution < -0.4 is 15.8 Å². The Kier molecular flexibility index (Phi) is 7.99. The highest BCUT2D eigenvalue weighted by Gasteiger charge is 2.10. The number of amides is 2. The highest BCUT2D eigenvalue weighted by atomic mass is 16.5. The summed E-state index contributed by atoms with van der Waals surface area (Å²) in [5.74, 6) is 0.418. The normalized spacial score (nSPS) is 10.1. The number of likely N-dealkylation sites (N-methyl/N-ethyl adjacent to an activating group) is 1. The molecule has 0 saturated carbocycles. The maximum absolute atomic E-state index is 11.9. The fraction of sp³-hybridized carbons (Fsp3) is 0.500. The summed E-state index contributed by atoms with van der Waals surface area (Å²) >= 11 is 0. The van der Waals surface area contributed by atoms with Gasteiger partial charge in [0, 0.05) is 31.3 Å². The third kappa shape index (κ3) is 6.13. The summed E-state index contributed by atoms with van der Waals surface area (Å²) in [6.07, 6.45) is 1.04. The van der Waals surface area contributed by atoms with E-state index in [1.807, 2.05) is 13.8 Å². The molecule has 22 heavy (non-hydrogen) atoms. The van der Waals surface area contributed by atoms with Gasteiger partial charge in [0.05, 0.1) is 0 Å². The fourth-order valence-electron chi connectivity index (χ4n) is 1.96. The van der Waals surface area contributed by atoms with Crippen LogP contribution in [-0.2, 0) is 9.59 Å². The van der Waals surface area contributed by atoms with Crippen molar-refractivity contribution in [2.45, 2.75) is 26.7 Å². The van der Waals surface area contributed by atoms with Crippen LogP contribution in [0.4, 0.5) is 5.69 Å². The molecule has 122 valence electrons. The molecule has 6 heteroatoms. The van der Waals surface area contributed by atoms with E-state index in [2.05, 4.69) is 5.32 Å². The van der Waals surface area contributed by atoms with Crippen LogP contribution in [0.25, 0.3) is 0 Å². The molecule has 0 fully saturated rings. The van der Waals surface area contributed by atoms with E-state index in [0.717, 1.165) is 0 Å². The number of hydrogen-bond acceptors (Lipinski definition) is 4. The van der Waals surface area contributed by atoms with Crippen LogP contribution in [0, 0.1) is 0 Å². The highest BCUT2D eigenvalue weighted by molar-refractivity contribution is 5.90. The minimum absolute atomic E-state index is 0.00769. The van der Waals surface area contributed by atoms with Crippen molar-refractivity contribution in [3.05, 3.63) is 24.3 Å². The Balaban J connectivity index is 2.53. The van der Waals surface area contributed by atoms with Crippen molar-refractivity contribution in [1.29, 1.82) is 0 Å². The van der Waals surface area contributed by atoms with E-state index in [1.54, 1.807) is 29.2 Å². The third-order valence-electron chi connectivity index (χ3n) is 3.20. The Hall–Kier alpha value is -2.08. The van der Waals surface area contributed by atoms with Gasteiger partial charge in [-0.3, -0.25) is 9.59 Å². The van der Waals surface area contributed by atoms with Crippen LogP contribution in [0.5, 0.6) is 5.75 Å². The van der Waals surface area contributed by atoms with Gasteiger partial charge in [-0.15, -0.1) is 0 Å². The van der Waals surface area contributed by atoms with Crippen LogP contribution in [-0.4, -0.2) is 43.0 Å². The summed E-state index contributed by atoms with van der Waals surface area (Å²) in [6, 6.07) is 7.01. The first-order valence-electron chi connectivity index (χ1n) is 7.61. The molecule has 0 bridgehead atoms. The van der Waals surface area contributed by atoms with E-state index in [0.29, 0.717) is 43.9 Å². The van der Waals surface area contributed by atoms with Crippen molar-refractivity contribution in [2.75, 3.05) is 31.6 Å². The lowest BCUT2D eigenvalue weighted by Gasteiger charge is -2.18. The van der Waals surface area contributed by atoms with Gasteiger partial charge in [0.1, 0.15) is 5.75 Å². The van der Waals surface area contributed by atoms with E-state index >= 15 is 0 Å². The smallest absolute Gasteiger partial charge is 0.260 e. The van der Waals surface area contributed by atoms with Gasteiger partial charge in [0.25, 0.3) is 5.91 Å². The number of anilines is 1. The van der Waals surface area contributed by atoms with Crippen LogP contribution in [0.3, 0.4) is 0 Å². The average Bonchev–Trinajstić information content (AvgIpc) is 2.52. The number of ether oxygens (including phenoxy) is 1. The molecule has 0 heterocycles. The molecule has 1 rings (SSSR count). The second-order valence-corrected chi connectivity index (χ2v) is 4.82. The van der Waals surface area contributed by atoms with Gasteiger partial charge in [0.15, 0.2) is 6.61 Å². The van der Waals surface area contributed by atoms with E-state index < -0.39 is 0 Å². The summed E-state index contributed by atoms with van der Waals surface area (Å²) in [4.78, 5) is 25.2. The number of hydrogen-bond donors (Lipinski definition) is 2. The Morgan fingerprint density at radius 2 is 2.00 bits per heavy atom. The van der Waals surface area contributed by atoms with Gasteiger partial charge < -0.3 is 20.7 Å². The Morgan fingerprint density at radius 3 is 2.64 bits per heavy atom. The van der Waals surface area contributed by atoms with Crippen LogP contribution in [0.1, 0.15) is 26.7 Å². The van der Waals surface area contributed by atoms with Gasteiger partial charge in [-0.25, -0.2) is 0 Å². The zero-order valence-electron chi connectivity index (χ0n) is 13.3. The van der Waals surface area contributed by atoms with E-state index in [9.17, 15) is 9.59 Å².